The lowest BCUT2D eigenvalue weighted by molar-refractivity contribution is -0.119. The van der Waals surface area contributed by atoms with Gasteiger partial charge in [0.1, 0.15) is 12.6 Å². The molecule has 0 radical (unpaired) electrons. The lowest BCUT2D eigenvalue weighted by atomic mass is 9.97. The van der Waals surface area contributed by atoms with Crippen molar-refractivity contribution in [3.63, 3.8) is 0 Å². The number of anilines is 1. The Morgan fingerprint density at radius 1 is 0.941 bits per heavy atom. The van der Waals surface area contributed by atoms with Gasteiger partial charge in [-0.1, -0.05) is 55.8 Å². The standard InChI is InChI=1S/C28H34N4O2/c1-5-6-18-30(27(34)29-28(2,3)4)20-25(33)32-23-16-11-10-15-22(23)31-19-12-17-24(31)26(32)21-13-8-7-9-14-21/h7-17,19,26H,5-6,18,20H2,1-4H3,(H,29,34). The quantitative estimate of drug-likeness (QED) is 0.528. The van der Waals surface area contributed by atoms with Crippen LogP contribution in [0.3, 0.4) is 0 Å². The number of urea groups is 1. The van der Waals surface area contributed by atoms with E-state index in [4.69, 9.17) is 0 Å². The molecule has 1 aliphatic heterocycles. The van der Waals surface area contributed by atoms with Gasteiger partial charge < -0.3 is 14.8 Å². The smallest absolute Gasteiger partial charge is 0.318 e. The van der Waals surface area contributed by atoms with Crippen LogP contribution in [0.2, 0.25) is 0 Å². The van der Waals surface area contributed by atoms with Gasteiger partial charge in [-0.2, -0.15) is 0 Å². The fourth-order valence-electron chi connectivity index (χ4n) is 4.45. The van der Waals surface area contributed by atoms with Crippen molar-refractivity contribution in [3.05, 3.63) is 84.2 Å². The summed E-state index contributed by atoms with van der Waals surface area (Å²) in [5.41, 5.74) is 3.48. The highest BCUT2D eigenvalue weighted by molar-refractivity contribution is 6.00. The number of fused-ring (bicyclic) bond motifs is 3. The molecule has 1 atom stereocenters. The van der Waals surface area contributed by atoms with Gasteiger partial charge in [-0.15, -0.1) is 0 Å². The zero-order valence-electron chi connectivity index (χ0n) is 20.5. The monoisotopic (exact) mass is 458 g/mol. The molecule has 6 heteroatoms. The minimum atomic E-state index is -0.379. The molecule has 6 nitrogen and oxygen atoms in total. The Morgan fingerprint density at radius 3 is 2.29 bits per heavy atom. The number of hydrogen-bond donors (Lipinski definition) is 1. The van der Waals surface area contributed by atoms with Gasteiger partial charge in [-0.3, -0.25) is 9.69 Å². The zero-order valence-corrected chi connectivity index (χ0v) is 20.5. The Morgan fingerprint density at radius 2 is 1.62 bits per heavy atom. The number of para-hydroxylation sites is 2. The normalized spacial score (nSPS) is 14.8. The molecular weight excluding hydrogens is 424 g/mol. The molecule has 0 aliphatic carbocycles. The van der Waals surface area contributed by atoms with Gasteiger partial charge in [-0.25, -0.2) is 4.79 Å². The van der Waals surface area contributed by atoms with Crippen molar-refractivity contribution in [2.24, 2.45) is 0 Å². The predicted octanol–water partition coefficient (Wildman–Crippen LogP) is 5.52. The Hall–Kier alpha value is -3.54. The topological polar surface area (TPSA) is 57.6 Å². The summed E-state index contributed by atoms with van der Waals surface area (Å²) in [4.78, 5) is 30.6. The number of rotatable bonds is 6. The van der Waals surface area contributed by atoms with Gasteiger partial charge in [0.2, 0.25) is 5.91 Å². The number of unbranched alkanes of at least 4 members (excludes halogenated alkanes) is 1. The van der Waals surface area contributed by atoms with E-state index in [1.54, 1.807) is 4.90 Å². The summed E-state index contributed by atoms with van der Waals surface area (Å²) in [6, 6.07) is 21.6. The first kappa shape index (κ1) is 23.6. The van der Waals surface area contributed by atoms with Crippen LogP contribution in [0.25, 0.3) is 5.69 Å². The molecule has 1 aliphatic rings. The molecule has 0 saturated carbocycles. The molecule has 178 valence electrons. The van der Waals surface area contributed by atoms with Gasteiger partial charge in [0.05, 0.1) is 17.1 Å². The highest BCUT2D eigenvalue weighted by Crippen LogP contribution is 2.42. The van der Waals surface area contributed by atoms with E-state index < -0.39 is 0 Å². The average Bonchev–Trinajstić information content (AvgIpc) is 3.30. The third kappa shape index (κ3) is 4.86. The van der Waals surface area contributed by atoms with Gasteiger partial charge >= 0.3 is 6.03 Å². The molecule has 1 N–H and O–H groups in total. The number of hydrogen-bond acceptors (Lipinski definition) is 2. The second-order valence-electron chi connectivity index (χ2n) is 9.82. The van der Waals surface area contributed by atoms with E-state index in [9.17, 15) is 9.59 Å². The third-order valence-corrected chi connectivity index (χ3v) is 5.98. The highest BCUT2D eigenvalue weighted by Gasteiger charge is 2.37. The van der Waals surface area contributed by atoms with Crippen molar-refractivity contribution in [3.8, 4) is 5.69 Å². The van der Waals surface area contributed by atoms with Crippen LogP contribution >= 0.6 is 0 Å². The van der Waals surface area contributed by atoms with Gasteiger partial charge in [-0.05, 0) is 57.0 Å². The zero-order chi connectivity index (χ0) is 24.3. The van der Waals surface area contributed by atoms with Crippen LogP contribution in [0.15, 0.2) is 72.9 Å². The number of benzene rings is 2. The van der Waals surface area contributed by atoms with Gasteiger partial charge in [0, 0.05) is 18.3 Å². The van der Waals surface area contributed by atoms with Crippen LogP contribution in [-0.2, 0) is 4.79 Å². The van der Waals surface area contributed by atoms with Crippen LogP contribution in [0, 0.1) is 0 Å². The Balaban J connectivity index is 1.73. The lowest BCUT2D eigenvalue weighted by Crippen LogP contribution is -2.52. The van der Waals surface area contributed by atoms with Gasteiger partial charge in [0.15, 0.2) is 0 Å². The molecule has 0 bridgehead atoms. The van der Waals surface area contributed by atoms with Crippen LogP contribution in [0.1, 0.15) is 57.8 Å². The number of amides is 3. The molecular formula is C28H34N4O2. The van der Waals surface area contributed by atoms with E-state index in [0.29, 0.717) is 6.54 Å². The largest absolute Gasteiger partial charge is 0.333 e. The van der Waals surface area contributed by atoms with E-state index in [-0.39, 0.29) is 30.1 Å². The fraction of sp³-hybridized carbons (Fsp3) is 0.357. The van der Waals surface area contributed by atoms with Crippen molar-refractivity contribution in [1.29, 1.82) is 0 Å². The third-order valence-electron chi connectivity index (χ3n) is 5.98. The SMILES string of the molecule is CCCCN(CC(=O)N1c2ccccc2-n2cccc2C1c1ccccc1)C(=O)NC(C)(C)C. The van der Waals surface area contributed by atoms with Crippen molar-refractivity contribution in [2.75, 3.05) is 18.0 Å². The summed E-state index contributed by atoms with van der Waals surface area (Å²) < 4.78 is 2.15. The number of nitrogens with one attached hydrogen (secondary N) is 1. The van der Waals surface area contributed by atoms with Crippen molar-refractivity contribution < 1.29 is 9.59 Å². The van der Waals surface area contributed by atoms with Crippen molar-refractivity contribution >= 4 is 17.6 Å². The molecule has 0 saturated heterocycles. The molecule has 3 amide bonds. The average molecular weight is 459 g/mol. The molecule has 2 aromatic carbocycles. The first-order valence-electron chi connectivity index (χ1n) is 12.0. The maximum absolute atomic E-state index is 14.0. The molecule has 1 unspecified atom stereocenters. The summed E-state index contributed by atoms with van der Waals surface area (Å²) in [5.74, 6) is -0.103. The maximum Gasteiger partial charge on any atom is 0.318 e. The van der Waals surface area contributed by atoms with E-state index in [2.05, 4.69) is 35.0 Å². The molecule has 34 heavy (non-hydrogen) atoms. The van der Waals surface area contributed by atoms with E-state index in [1.165, 1.54) is 0 Å². The second kappa shape index (κ2) is 9.75. The Bertz CT molecular complexity index is 1150. The van der Waals surface area contributed by atoms with Crippen molar-refractivity contribution in [1.82, 2.24) is 14.8 Å². The number of aromatic nitrogens is 1. The molecule has 1 aromatic heterocycles. The number of carbonyl (C=O) groups is 2. The predicted molar refractivity (Wildman–Crippen MR) is 136 cm³/mol. The summed E-state index contributed by atoms with van der Waals surface area (Å²) >= 11 is 0. The minimum Gasteiger partial charge on any atom is -0.333 e. The Kier molecular flexibility index (Phi) is 6.77. The van der Waals surface area contributed by atoms with Crippen LogP contribution in [0.5, 0.6) is 0 Å². The summed E-state index contributed by atoms with van der Waals surface area (Å²) in [6.45, 7) is 8.48. The molecule has 0 spiro atoms. The molecule has 0 fully saturated rings. The highest BCUT2D eigenvalue weighted by atomic mass is 16.2. The van der Waals surface area contributed by atoms with Gasteiger partial charge in [0.25, 0.3) is 0 Å². The first-order valence-corrected chi connectivity index (χ1v) is 12.0. The second-order valence-corrected chi connectivity index (χ2v) is 9.82. The van der Waals surface area contributed by atoms with E-state index in [1.807, 2.05) is 80.4 Å². The maximum atomic E-state index is 14.0. The van der Waals surface area contributed by atoms with Crippen LogP contribution < -0.4 is 10.2 Å². The molecule has 3 aromatic rings. The first-order chi connectivity index (χ1) is 16.3. The summed E-state index contributed by atoms with van der Waals surface area (Å²) in [6.07, 6.45) is 3.82. The minimum absolute atomic E-state index is 0.0142. The van der Waals surface area contributed by atoms with Crippen LogP contribution in [0.4, 0.5) is 10.5 Å². The van der Waals surface area contributed by atoms with E-state index >= 15 is 0 Å². The number of nitrogens with zero attached hydrogens (tertiary/aromatic N) is 3. The number of carbonyl (C=O) groups excluding carboxylic acids is 2. The Labute approximate surface area is 202 Å². The lowest BCUT2D eigenvalue weighted by Gasteiger charge is -2.39. The molecule has 4 rings (SSSR count). The van der Waals surface area contributed by atoms with Crippen molar-refractivity contribution in [2.45, 2.75) is 52.1 Å². The summed E-state index contributed by atoms with van der Waals surface area (Å²) in [7, 11) is 0. The van der Waals surface area contributed by atoms with E-state index in [0.717, 1.165) is 35.5 Å². The molecule has 2 heterocycles. The summed E-state index contributed by atoms with van der Waals surface area (Å²) in [5, 5.41) is 3.02. The van der Waals surface area contributed by atoms with Crippen LogP contribution in [-0.4, -0.2) is 40.0 Å². The fourth-order valence-corrected chi connectivity index (χ4v) is 4.45.